The van der Waals surface area contributed by atoms with Gasteiger partial charge in [0.25, 0.3) is 5.91 Å². The number of methoxy groups -OCH3 is 2. The lowest BCUT2D eigenvalue weighted by Gasteiger charge is -2.11. The van der Waals surface area contributed by atoms with Gasteiger partial charge in [-0.15, -0.1) is 0 Å². The van der Waals surface area contributed by atoms with Gasteiger partial charge in [-0.05, 0) is 12.1 Å². The zero-order valence-electron chi connectivity index (χ0n) is 14.0. The van der Waals surface area contributed by atoms with Crippen molar-refractivity contribution in [2.24, 2.45) is 0 Å². The molecule has 0 atom stereocenters. The molecule has 2 aromatic rings. The summed E-state index contributed by atoms with van der Waals surface area (Å²) in [7, 11) is 2.81. The Labute approximate surface area is 150 Å². The Morgan fingerprint density at radius 1 is 0.926 bits per heavy atom. The highest BCUT2D eigenvalue weighted by molar-refractivity contribution is 5.93. The fourth-order valence-electron chi connectivity index (χ4n) is 2.09. The van der Waals surface area contributed by atoms with E-state index in [0.717, 1.165) is 6.08 Å². The molecule has 0 bridgehead atoms. The molecule has 1 amide bonds. The fourth-order valence-corrected chi connectivity index (χ4v) is 2.09. The average Bonchev–Trinajstić information content (AvgIpc) is 2.68. The van der Waals surface area contributed by atoms with E-state index in [2.05, 4.69) is 0 Å². The minimum Gasteiger partial charge on any atom is -0.493 e. The van der Waals surface area contributed by atoms with Crippen molar-refractivity contribution in [2.75, 3.05) is 19.6 Å². The molecule has 2 rings (SSSR count). The third-order valence-electron chi connectivity index (χ3n) is 3.37. The molecule has 0 unspecified atom stereocenters. The van der Waals surface area contributed by atoms with Crippen LogP contribution in [0.4, 0.5) is 27.6 Å². The highest BCUT2D eigenvalue weighted by Crippen LogP contribution is 2.31. The summed E-state index contributed by atoms with van der Waals surface area (Å²) in [4.78, 5) is 11.8. The maximum atomic E-state index is 13.5. The predicted octanol–water partition coefficient (Wildman–Crippen LogP) is 3.56. The van der Waals surface area contributed by atoms with Gasteiger partial charge in [-0.1, -0.05) is 12.1 Å². The topological polar surface area (TPSA) is 59.6 Å². The number of benzene rings is 2. The summed E-state index contributed by atoms with van der Waals surface area (Å²) in [5.41, 5.74) is 2.55. The number of anilines is 1. The minimum atomic E-state index is -2.30. The molecule has 0 saturated carbocycles. The van der Waals surface area contributed by atoms with Gasteiger partial charge in [0.1, 0.15) is 5.69 Å². The Bertz CT molecular complexity index is 874. The molecule has 0 radical (unpaired) electrons. The van der Waals surface area contributed by atoms with Gasteiger partial charge in [0.15, 0.2) is 34.8 Å². The number of halogens is 5. The third kappa shape index (κ3) is 4.10. The van der Waals surface area contributed by atoms with E-state index in [4.69, 9.17) is 9.47 Å². The molecule has 10 heteroatoms. The lowest BCUT2D eigenvalue weighted by molar-refractivity contribution is -0.116. The van der Waals surface area contributed by atoms with Crippen LogP contribution in [-0.4, -0.2) is 20.1 Å². The van der Waals surface area contributed by atoms with Gasteiger partial charge in [0, 0.05) is 11.6 Å². The van der Waals surface area contributed by atoms with Gasteiger partial charge in [-0.25, -0.2) is 22.0 Å². The van der Waals surface area contributed by atoms with Crippen LogP contribution in [0.5, 0.6) is 11.5 Å². The van der Waals surface area contributed by atoms with E-state index in [9.17, 15) is 26.7 Å². The number of ether oxygens (including phenoxy) is 2. The molecule has 5 nitrogen and oxygen atoms in total. The van der Waals surface area contributed by atoms with Crippen LogP contribution in [0.1, 0.15) is 5.56 Å². The molecule has 0 aromatic heterocycles. The molecule has 2 aromatic carbocycles. The van der Waals surface area contributed by atoms with Crippen LogP contribution in [0.15, 0.2) is 24.3 Å². The Balaban J connectivity index is 2.16. The number of carbonyl (C=O) groups excluding carboxylic acids is 1. The SMILES string of the molecule is COc1cccc(C=CC(=O)NNc2c(F)c(F)c(F)c(F)c2F)c1OC. The summed E-state index contributed by atoms with van der Waals surface area (Å²) >= 11 is 0. The maximum Gasteiger partial charge on any atom is 0.262 e. The lowest BCUT2D eigenvalue weighted by atomic mass is 10.1. The second kappa shape index (κ2) is 8.39. The molecular weight excluding hydrogens is 375 g/mol. The molecule has 0 heterocycles. The largest absolute Gasteiger partial charge is 0.493 e. The van der Waals surface area contributed by atoms with E-state index in [1.54, 1.807) is 23.6 Å². The standard InChI is InChI=1S/C17H13F5N2O3/c1-26-9-5-3-4-8(17(9)27-2)6-7-10(25)23-24-16-14(21)12(19)11(18)13(20)15(16)22/h3-7,24H,1-2H3,(H,23,25). The zero-order chi connectivity index (χ0) is 20.1. The summed E-state index contributed by atoms with van der Waals surface area (Å²) in [5.74, 6) is -11.0. The lowest BCUT2D eigenvalue weighted by Crippen LogP contribution is -2.29. The fraction of sp³-hybridized carbons (Fsp3) is 0.118. The maximum absolute atomic E-state index is 13.5. The van der Waals surface area contributed by atoms with Gasteiger partial charge in [0.2, 0.25) is 5.82 Å². The van der Waals surface area contributed by atoms with E-state index >= 15 is 0 Å². The molecule has 0 fully saturated rings. The van der Waals surface area contributed by atoms with Crippen molar-refractivity contribution in [3.05, 3.63) is 58.9 Å². The quantitative estimate of drug-likeness (QED) is 0.261. The van der Waals surface area contributed by atoms with Crippen LogP contribution in [-0.2, 0) is 4.79 Å². The summed E-state index contributed by atoms with van der Waals surface area (Å²) in [6.45, 7) is 0. The van der Waals surface area contributed by atoms with Crippen LogP contribution in [0, 0.1) is 29.1 Å². The molecule has 0 spiro atoms. The van der Waals surface area contributed by atoms with Crippen LogP contribution in [0.2, 0.25) is 0 Å². The summed E-state index contributed by atoms with van der Waals surface area (Å²) in [5, 5.41) is 0. The van der Waals surface area contributed by atoms with E-state index in [1.807, 2.05) is 5.43 Å². The molecule has 0 aliphatic carbocycles. The predicted molar refractivity (Wildman–Crippen MR) is 86.6 cm³/mol. The molecule has 2 N–H and O–H groups in total. The van der Waals surface area contributed by atoms with E-state index in [-0.39, 0.29) is 0 Å². The van der Waals surface area contributed by atoms with Gasteiger partial charge < -0.3 is 9.47 Å². The van der Waals surface area contributed by atoms with Crippen LogP contribution in [0.25, 0.3) is 6.08 Å². The number of amides is 1. The molecule has 27 heavy (non-hydrogen) atoms. The van der Waals surface area contributed by atoms with Crippen molar-refractivity contribution in [2.45, 2.75) is 0 Å². The average molecular weight is 388 g/mol. The van der Waals surface area contributed by atoms with Gasteiger partial charge in [0.05, 0.1) is 14.2 Å². The van der Waals surface area contributed by atoms with Gasteiger partial charge in [-0.3, -0.25) is 15.6 Å². The third-order valence-corrected chi connectivity index (χ3v) is 3.37. The van der Waals surface area contributed by atoms with E-state index < -0.39 is 40.7 Å². The number of carbonyl (C=O) groups is 1. The first-order valence-corrected chi connectivity index (χ1v) is 7.28. The minimum absolute atomic E-state index is 0.330. The first kappa shape index (κ1) is 20.0. The first-order chi connectivity index (χ1) is 12.8. The van der Waals surface area contributed by atoms with Crippen LogP contribution >= 0.6 is 0 Å². The Morgan fingerprint density at radius 3 is 2.07 bits per heavy atom. The number of hydrogen-bond donors (Lipinski definition) is 2. The van der Waals surface area contributed by atoms with E-state index in [1.165, 1.54) is 20.3 Å². The molecule has 0 aliphatic rings. The monoisotopic (exact) mass is 388 g/mol. The number of rotatable bonds is 6. The van der Waals surface area contributed by atoms with Crippen LogP contribution in [0.3, 0.4) is 0 Å². The van der Waals surface area contributed by atoms with Gasteiger partial charge >= 0.3 is 0 Å². The Kier molecular flexibility index (Phi) is 6.22. The van der Waals surface area contributed by atoms with E-state index in [0.29, 0.717) is 17.1 Å². The highest BCUT2D eigenvalue weighted by Gasteiger charge is 2.25. The number of para-hydroxylation sites is 1. The molecule has 0 saturated heterocycles. The highest BCUT2D eigenvalue weighted by atomic mass is 19.2. The number of hydrazine groups is 1. The summed E-state index contributed by atoms with van der Waals surface area (Å²) in [6.07, 6.45) is 2.26. The molecular formula is C17H13F5N2O3. The first-order valence-electron chi connectivity index (χ1n) is 7.28. The second-order valence-corrected chi connectivity index (χ2v) is 4.98. The van der Waals surface area contributed by atoms with Gasteiger partial charge in [-0.2, -0.15) is 0 Å². The van der Waals surface area contributed by atoms with Crippen LogP contribution < -0.4 is 20.3 Å². The van der Waals surface area contributed by atoms with Crippen molar-refractivity contribution in [3.63, 3.8) is 0 Å². The zero-order valence-corrected chi connectivity index (χ0v) is 14.0. The van der Waals surface area contributed by atoms with Crippen molar-refractivity contribution < 1.29 is 36.2 Å². The molecule has 144 valence electrons. The summed E-state index contributed by atoms with van der Waals surface area (Å²) in [6, 6.07) is 4.86. The smallest absolute Gasteiger partial charge is 0.262 e. The van der Waals surface area contributed by atoms with Crippen molar-refractivity contribution >= 4 is 17.7 Å². The molecule has 0 aliphatic heterocycles. The summed E-state index contributed by atoms with van der Waals surface area (Å²) < 4.78 is 76.4. The Hall–Kier alpha value is -3.30. The van der Waals surface area contributed by atoms with Crippen molar-refractivity contribution in [3.8, 4) is 11.5 Å². The second-order valence-electron chi connectivity index (χ2n) is 4.98. The Morgan fingerprint density at radius 2 is 1.52 bits per heavy atom. The number of nitrogens with one attached hydrogen (secondary N) is 2. The van der Waals surface area contributed by atoms with Crippen molar-refractivity contribution in [1.29, 1.82) is 0 Å². The number of hydrogen-bond acceptors (Lipinski definition) is 4. The normalized spacial score (nSPS) is 10.8. The van der Waals surface area contributed by atoms with Crippen molar-refractivity contribution in [1.82, 2.24) is 5.43 Å².